The van der Waals surface area contributed by atoms with Crippen LogP contribution in [0.15, 0.2) is 17.6 Å². The SMILES string of the molecule is CC(C)CCCCNc1ccc2scnc2c1N. The van der Waals surface area contributed by atoms with Gasteiger partial charge in [-0.3, -0.25) is 0 Å². The Balaban J connectivity index is 1.89. The Kier molecular flexibility index (Phi) is 4.42. The smallest absolute Gasteiger partial charge is 0.106 e. The molecule has 1 heterocycles. The van der Waals surface area contributed by atoms with Crippen LogP contribution >= 0.6 is 11.3 Å². The average molecular weight is 263 g/mol. The number of hydrogen-bond acceptors (Lipinski definition) is 4. The van der Waals surface area contributed by atoms with Crippen molar-refractivity contribution in [3.63, 3.8) is 0 Å². The first-order valence-corrected chi connectivity index (χ1v) is 7.42. The zero-order valence-electron chi connectivity index (χ0n) is 11.1. The minimum atomic E-state index is 0.776. The zero-order chi connectivity index (χ0) is 13.0. The Morgan fingerprint density at radius 1 is 1.33 bits per heavy atom. The lowest BCUT2D eigenvalue weighted by atomic mass is 10.1. The second kappa shape index (κ2) is 6.05. The molecule has 2 aromatic rings. The number of rotatable bonds is 6. The minimum absolute atomic E-state index is 0.776. The number of nitrogens with one attached hydrogen (secondary N) is 1. The maximum Gasteiger partial charge on any atom is 0.106 e. The highest BCUT2D eigenvalue weighted by Gasteiger charge is 2.06. The first-order valence-electron chi connectivity index (χ1n) is 6.54. The van der Waals surface area contributed by atoms with E-state index in [2.05, 4.69) is 36.3 Å². The number of thiazole rings is 1. The molecule has 0 unspecified atom stereocenters. The number of nitrogens with zero attached hydrogens (tertiary/aromatic N) is 1. The van der Waals surface area contributed by atoms with Gasteiger partial charge in [0.15, 0.2) is 0 Å². The van der Waals surface area contributed by atoms with E-state index in [1.54, 1.807) is 11.3 Å². The predicted octanol–water partition coefficient (Wildman–Crippen LogP) is 4.12. The second-order valence-electron chi connectivity index (χ2n) is 5.04. The number of aromatic nitrogens is 1. The molecule has 3 N–H and O–H groups in total. The Bertz CT molecular complexity index is 505. The van der Waals surface area contributed by atoms with Crippen molar-refractivity contribution in [2.45, 2.75) is 33.1 Å². The van der Waals surface area contributed by atoms with Crippen LogP contribution in [0.5, 0.6) is 0 Å². The Morgan fingerprint density at radius 3 is 2.94 bits per heavy atom. The minimum Gasteiger partial charge on any atom is -0.395 e. The molecule has 4 heteroatoms. The van der Waals surface area contributed by atoms with Gasteiger partial charge in [-0.05, 0) is 24.5 Å². The van der Waals surface area contributed by atoms with Crippen molar-refractivity contribution in [1.82, 2.24) is 4.98 Å². The topological polar surface area (TPSA) is 50.9 Å². The quantitative estimate of drug-likeness (QED) is 0.609. The van der Waals surface area contributed by atoms with Gasteiger partial charge in [-0.25, -0.2) is 4.98 Å². The summed E-state index contributed by atoms with van der Waals surface area (Å²) in [6, 6.07) is 4.14. The van der Waals surface area contributed by atoms with E-state index in [1.165, 1.54) is 19.3 Å². The van der Waals surface area contributed by atoms with Gasteiger partial charge in [0.2, 0.25) is 0 Å². The van der Waals surface area contributed by atoms with Gasteiger partial charge in [0.05, 0.1) is 21.6 Å². The number of unbranched alkanes of at least 4 members (excludes halogenated alkanes) is 1. The van der Waals surface area contributed by atoms with Crippen LogP contribution in [0, 0.1) is 5.92 Å². The van der Waals surface area contributed by atoms with E-state index >= 15 is 0 Å². The van der Waals surface area contributed by atoms with E-state index in [0.717, 1.165) is 34.1 Å². The molecule has 0 atom stereocenters. The monoisotopic (exact) mass is 263 g/mol. The number of benzene rings is 1. The van der Waals surface area contributed by atoms with Crippen LogP contribution in [0.1, 0.15) is 33.1 Å². The molecule has 0 amide bonds. The normalized spacial score (nSPS) is 11.3. The summed E-state index contributed by atoms with van der Waals surface area (Å²) < 4.78 is 1.15. The third-order valence-corrected chi connectivity index (χ3v) is 3.86. The molecular formula is C14H21N3S. The first-order chi connectivity index (χ1) is 8.68. The largest absolute Gasteiger partial charge is 0.395 e. The Hall–Kier alpha value is -1.29. The van der Waals surface area contributed by atoms with Crippen molar-refractivity contribution in [3.8, 4) is 0 Å². The van der Waals surface area contributed by atoms with Crippen molar-refractivity contribution in [1.29, 1.82) is 0 Å². The van der Waals surface area contributed by atoms with Crippen LogP contribution in [-0.4, -0.2) is 11.5 Å². The van der Waals surface area contributed by atoms with Crippen LogP contribution in [0.3, 0.4) is 0 Å². The molecule has 0 aliphatic heterocycles. The third-order valence-electron chi connectivity index (χ3n) is 3.07. The van der Waals surface area contributed by atoms with Gasteiger partial charge in [-0.2, -0.15) is 0 Å². The van der Waals surface area contributed by atoms with E-state index in [-0.39, 0.29) is 0 Å². The molecule has 0 radical (unpaired) electrons. The van der Waals surface area contributed by atoms with Crippen LogP contribution in [0.4, 0.5) is 11.4 Å². The summed E-state index contributed by atoms with van der Waals surface area (Å²) in [5.41, 5.74) is 10.7. The third kappa shape index (κ3) is 3.13. The maximum atomic E-state index is 6.11. The predicted molar refractivity (Wildman–Crippen MR) is 81.2 cm³/mol. The molecule has 0 bridgehead atoms. The summed E-state index contributed by atoms with van der Waals surface area (Å²) >= 11 is 1.63. The van der Waals surface area contributed by atoms with Crippen LogP contribution < -0.4 is 11.1 Å². The highest BCUT2D eigenvalue weighted by atomic mass is 32.1. The van der Waals surface area contributed by atoms with Gasteiger partial charge in [0.1, 0.15) is 5.52 Å². The fourth-order valence-corrected chi connectivity index (χ4v) is 2.70. The van der Waals surface area contributed by atoms with Crippen LogP contribution in [0.25, 0.3) is 10.2 Å². The van der Waals surface area contributed by atoms with Crippen LogP contribution in [-0.2, 0) is 0 Å². The highest BCUT2D eigenvalue weighted by Crippen LogP contribution is 2.29. The fraction of sp³-hybridized carbons (Fsp3) is 0.500. The summed E-state index contributed by atoms with van der Waals surface area (Å²) in [5.74, 6) is 0.793. The zero-order valence-corrected chi connectivity index (χ0v) is 11.9. The number of hydrogen-bond donors (Lipinski definition) is 2. The van der Waals surface area contributed by atoms with E-state index in [4.69, 9.17) is 5.73 Å². The Labute approximate surface area is 112 Å². The van der Waals surface area contributed by atoms with E-state index in [9.17, 15) is 0 Å². The lowest BCUT2D eigenvalue weighted by molar-refractivity contribution is 0.545. The molecule has 18 heavy (non-hydrogen) atoms. The number of anilines is 2. The van der Waals surface area contributed by atoms with Gasteiger partial charge >= 0.3 is 0 Å². The fourth-order valence-electron chi connectivity index (χ4n) is 2.01. The molecule has 0 aliphatic rings. The van der Waals surface area contributed by atoms with E-state index < -0.39 is 0 Å². The summed E-state index contributed by atoms with van der Waals surface area (Å²) in [4.78, 5) is 4.30. The Morgan fingerprint density at radius 2 is 2.17 bits per heavy atom. The number of fused-ring (bicyclic) bond motifs is 1. The van der Waals surface area contributed by atoms with Crippen molar-refractivity contribution in [2.24, 2.45) is 5.92 Å². The van der Waals surface area contributed by atoms with Gasteiger partial charge < -0.3 is 11.1 Å². The molecule has 1 aromatic heterocycles. The number of nitrogen functional groups attached to an aromatic ring is 1. The van der Waals surface area contributed by atoms with Crippen molar-refractivity contribution < 1.29 is 0 Å². The molecule has 1 aromatic carbocycles. The van der Waals surface area contributed by atoms with Gasteiger partial charge in [0.25, 0.3) is 0 Å². The summed E-state index contributed by atoms with van der Waals surface area (Å²) in [6.07, 6.45) is 3.75. The molecule has 0 spiro atoms. The molecule has 0 fully saturated rings. The van der Waals surface area contributed by atoms with Gasteiger partial charge in [-0.1, -0.05) is 26.7 Å². The lowest BCUT2D eigenvalue weighted by Gasteiger charge is -2.10. The first kappa shape index (κ1) is 13.1. The molecular weight excluding hydrogens is 242 g/mol. The van der Waals surface area contributed by atoms with Gasteiger partial charge in [-0.15, -0.1) is 11.3 Å². The van der Waals surface area contributed by atoms with Crippen molar-refractivity contribution >= 4 is 32.9 Å². The second-order valence-corrected chi connectivity index (χ2v) is 5.93. The van der Waals surface area contributed by atoms with Crippen molar-refractivity contribution in [2.75, 3.05) is 17.6 Å². The number of nitrogens with two attached hydrogens (primary N) is 1. The summed E-state index contributed by atoms with van der Waals surface area (Å²) in [7, 11) is 0. The summed E-state index contributed by atoms with van der Waals surface area (Å²) in [6.45, 7) is 5.51. The molecule has 0 saturated carbocycles. The highest BCUT2D eigenvalue weighted by molar-refractivity contribution is 7.16. The maximum absolute atomic E-state index is 6.11. The molecule has 0 aliphatic carbocycles. The van der Waals surface area contributed by atoms with Crippen LogP contribution in [0.2, 0.25) is 0 Å². The van der Waals surface area contributed by atoms with Gasteiger partial charge in [0, 0.05) is 6.54 Å². The molecule has 3 nitrogen and oxygen atoms in total. The van der Waals surface area contributed by atoms with E-state index in [1.807, 2.05) is 5.51 Å². The standard InChI is InChI=1S/C14H21N3S/c1-10(2)5-3-4-8-16-11-6-7-12-14(13(11)15)17-9-18-12/h6-7,9-10,16H,3-5,8,15H2,1-2H3. The lowest BCUT2D eigenvalue weighted by Crippen LogP contribution is -2.04. The average Bonchev–Trinajstić information content (AvgIpc) is 2.80. The van der Waals surface area contributed by atoms with Crippen molar-refractivity contribution in [3.05, 3.63) is 17.6 Å². The molecule has 2 rings (SSSR count). The van der Waals surface area contributed by atoms with E-state index in [0.29, 0.717) is 0 Å². The summed E-state index contributed by atoms with van der Waals surface area (Å²) in [5, 5.41) is 3.41. The molecule has 98 valence electrons. The molecule has 0 saturated heterocycles.